The first kappa shape index (κ1) is 10.9. The Kier molecular flexibility index (Phi) is 3.23. The lowest BCUT2D eigenvalue weighted by Gasteiger charge is -2.25. The molecule has 0 saturated carbocycles. The molecule has 0 aliphatic carbocycles. The fourth-order valence-electron chi connectivity index (χ4n) is 1.64. The highest BCUT2D eigenvalue weighted by Gasteiger charge is 2.23. The van der Waals surface area contributed by atoms with Crippen molar-refractivity contribution in [2.45, 2.75) is 6.04 Å². The molecule has 0 radical (unpaired) electrons. The van der Waals surface area contributed by atoms with E-state index in [2.05, 4.69) is 21.2 Å². The lowest BCUT2D eigenvalue weighted by Crippen LogP contribution is -2.35. The molecule has 1 saturated heterocycles. The molecular formula is C10H11BrFNO2. The van der Waals surface area contributed by atoms with Crippen molar-refractivity contribution in [2.75, 3.05) is 19.8 Å². The molecule has 5 heteroatoms. The predicted molar refractivity (Wildman–Crippen MR) is 57.3 cm³/mol. The average molecular weight is 276 g/mol. The van der Waals surface area contributed by atoms with Gasteiger partial charge >= 0.3 is 0 Å². The summed E-state index contributed by atoms with van der Waals surface area (Å²) in [6.07, 6.45) is 0. The Morgan fingerprint density at radius 2 is 2.33 bits per heavy atom. The minimum absolute atomic E-state index is 0.0574. The summed E-state index contributed by atoms with van der Waals surface area (Å²) in [7, 11) is 0. The molecule has 1 aliphatic rings. The number of aromatic hydroxyl groups is 1. The molecule has 0 unspecified atom stereocenters. The second-order valence-electron chi connectivity index (χ2n) is 3.37. The minimum Gasteiger partial charge on any atom is -0.506 e. The molecule has 3 nitrogen and oxygen atoms in total. The number of halogens is 2. The zero-order valence-electron chi connectivity index (χ0n) is 7.96. The number of hydrogen-bond donors (Lipinski definition) is 2. The molecule has 15 heavy (non-hydrogen) atoms. The SMILES string of the molecule is Oc1c(Br)ccc(F)c1[C@H]1COCCN1. The monoisotopic (exact) mass is 275 g/mol. The van der Waals surface area contributed by atoms with Gasteiger partial charge in [-0.05, 0) is 28.1 Å². The molecule has 0 spiro atoms. The van der Waals surface area contributed by atoms with Gasteiger partial charge in [-0.2, -0.15) is 0 Å². The summed E-state index contributed by atoms with van der Waals surface area (Å²) in [5, 5.41) is 12.8. The fourth-order valence-corrected chi connectivity index (χ4v) is 1.98. The van der Waals surface area contributed by atoms with Gasteiger partial charge in [0.1, 0.15) is 11.6 Å². The van der Waals surface area contributed by atoms with Crippen molar-refractivity contribution >= 4 is 15.9 Å². The summed E-state index contributed by atoms with van der Waals surface area (Å²) in [5.41, 5.74) is 0.268. The van der Waals surface area contributed by atoms with E-state index in [4.69, 9.17) is 4.74 Å². The molecule has 0 aromatic heterocycles. The maximum Gasteiger partial charge on any atom is 0.137 e. The molecule has 1 heterocycles. The van der Waals surface area contributed by atoms with Crippen LogP contribution in [0.4, 0.5) is 4.39 Å². The summed E-state index contributed by atoms with van der Waals surface area (Å²) < 4.78 is 19.3. The Morgan fingerprint density at radius 3 is 3.00 bits per heavy atom. The number of hydrogen-bond acceptors (Lipinski definition) is 3. The fraction of sp³-hybridized carbons (Fsp3) is 0.400. The largest absolute Gasteiger partial charge is 0.506 e. The van der Waals surface area contributed by atoms with Gasteiger partial charge in [0.05, 0.1) is 23.7 Å². The van der Waals surface area contributed by atoms with Crippen molar-refractivity contribution in [3.05, 3.63) is 28.0 Å². The summed E-state index contributed by atoms with van der Waals surface area (Å²) in [6, 6.07) is 2.53. The lowest BCUT2D eigenvalue weighted by atomic mass is 10.0. The van der Waals surface area contributed by atoms with Crippen LogP contribution >= 0.6 is 15.9 Å². The van der Waals surface area contributed by atoms with Crippen molar-refractivity contribution in [3.8, 4) is 5.75 Å². The van der Waals surface area contributed by atoms with Crippen LogP contribution in [-0.2, 0) is 4.74 Å². The van der Waals surface area contributed by atoms with Gasteiger partial charge in [-0.3, -0.25) is 0 Å². The van der Waals surface area contributed by atoms with Crippen LogP contribution in [0, 0.1) is 5.82 Å². The number of rotatable bonds is 1. The standard InChI is InChI=1S/C10H11BrFNO2/c11-6-1-2-7(12)9(10(6)14)8-5-15-4-3-13-8/h1-2,8,13-14H,3-5H2/t8-/m1/s1. The van der Waals surface area contributed by atoms with Crippen molar-refractivity contribution in [3.63, 3.8) is 0 Å². The van der Waals surface area contributed by atoms with Crippen LogP contribution in [0.5, 0.6) is 5.75 Å². The van der Waals surface area contributed by atoms with E-state index in [1.165, 1.54) is 12.1 Å². The third-order valence-corrected chi connectivity index (χ3v) is 3.02. The van der Waals surface area contributed by atoms with E-state index < -0.39 is 5.82 Å². The van der Waals surface area contributed by atoms with Crippen molar-refractivity contribution in [1.82, 2.24) is 5.32 Å². The van der Waals surface area contributed by atoms with E-state index in [9.17, 15) is 9.50 Å². The maximum atomic E-state index is 13.5. The minimum atomic E-state index is -0.418. The smallest absolute Gasteiger partial charge is 0.137 e. The van der Waals surface area contributed by atoms with Crippen LogP contribution in [0.3, 0.4) is 0 Å². The van der Waals surface area contributed by atoms with Gasteiger partial charge in [-0.1, -0.05) is 0 Å². The highest BCUT2D eigenvalue weighted by Crippen LogP contribution is 2.34. The Bertz CT molecular complexity index is 367. The number of benzene rings is 1. The summed E-state index contributed by atoms with van der Waals surface area (Å²) in [6.45, 7) is 1.66. The molecule has 1 atom stereocenters. The Hall–Kier alpha value is -0.650. The van der Waals surface area contributed by atoms with Gasteiger partial charge in [0.25, 0.3) is 0 Å². The lowest BCUT2D eigenvalue weighted by molar-refractivity contribution is 0.0748. The average Bonchev–Trinajstić information content (AvgIpc) is 2.26. The van der Waals surface area contributed by atoms with Crippen LogP contribution in [-0.4, -0.2) is 24.9 Å². The van der Waals surface area contributed by atoms with E-state index in [0.29, 0.717) is 24.2 Å². The number of morpholine rings is 1. The molecule has 0 bridgehead atoms. The van der Waals surface area contributed by atoms with E-state index in [1.54, 1.807) is 0 Å². The van der Waals surface area contributed by atoms with E-state index in [0.717, 1.165) is 0 Å². The second kappa shape index (κ2) is 4.47. The third-order valence-electron chi connectivity index (χ3n) is 2.38. The normalized spacial score (nSPS) is 21.6. The van der Waals surface area contributed by atoms with Gasteiger partial charge in [0.15, 0.2) is 0 Å². The third kappa shape index (κ3) is 2.14. The van der Waals surface area contributed by atoms with E-state index in [-0.39, 0.29) is 17.4 Å². The number of phenolic OH excluding ortho intramolecular Hbond substituents is 1. The zero-order chi connectivity index (χ0) is 10.8. The van der Waals surface area contributed by atoms with Gasteiger partial charge < -0.3 is 15.2 Å². The number of ether oxygens (including phenoxy) is 1. The van der Waals surface area contributed by atoms with Crippen LogP contribution in [0.15, 0.2) is 16.6 Å². The Balaban J connectivity index is 2.36. The van der Waals surface area contributed by atoms with Crippen LogP contribution in [0.2, 0.25) is 0 Å². The van der Waals surface area contributed by atoms with Crippen LogP contribution in [0.25, 0.3) is 0 Å². The zero-order valence-corrected chi connectivity index (χ0v) is 9.55. The summed E-state index contributed by atoms with van der Waals surface area (Å²) >= 11 is 3.16. The first-order valence-electron chi connectivity index (χ1n) is 4.68. The maximum absolute atomic E-state index is 13.5. The molecule has 2 N–H and O–H groups in total. The van der Waals surface area contributed by atoms with E-state index in [1.807, 2.05) is 0 Å². The Labute approximate surface area is 95.4 Å². The first-order chi connectivity index (χ1) is 7.20. The highest BCUT2D eigenvalue weighted by atomic mass is 79.9. The number of nitrogens with one attached hydrogen (secondary N) is 1. The van der Waals surface area contributed by atoms with Gasteiger partial charge in [0.2, 0.25) is 0 Å². The molecular weight excluding hydrogens is 265 g/mol. The highest BCUT2D eigenvalue weighted by molar-refractivity contribution is 9.10. The molecule has 1 aromatic carbocycles. The van der Waals surface area contributed by atoms with Gasteiger partial charge in [-0.25, -0.2) is 4.39 Å². The summed E-state index contributed by atoms with van der Waals surface area (Å²) in [4.78, 5) is 0. The van der Waals surface area contributed by atoms with Gasteiger partial charge in [-0.15, -0.1) is 0 Å². The molecule has 1 aliphatic heterocycles. The molecule has 1 fully saturated rings. The first-order valence-corrected chi connectivity index (χ1v) is 5.47. The topological polar surface area (TPSA) is 41.5 Å². The van der Waals surface area contributed by atoms with Crippen molar-refractivity contribution in [2.24, 2.45) is 0 Å². The quantitative estimate of drug-likeness (QED) is 0.823. The van der Waals surface area contributed by atoms with E-state index >= 15 is 0 Å². The van der Waals surface area contributed by atoms with Crippen LogP contribution in [0.1, 0.15) is 11.6 Å². The molecule has 2 rings (SSSR count). The number of phenols is 1. The summed E-state index contributed by atoms with van der Waals surface area (Å²) in [5.74, 6) is -0.475. The molecule has 1 aromatic rings. The Morgan fingerprint density at radius 1 is 1.53 bits per heavy atom. The molecule has 0 amide bonds. The van der Waals surface area contributed by atoms with Gasteiger partial charge in [0, 0.05) is 12.1 Å². The predicted octanol–water partition coefficient (Wildman–Crippen LogP) is 1.95. The second-order valence-corrected chi connectivity index (χ2v) is 4.23. The van der Waals surface area contributed by atoms with Crippen molar-refractivity contribution in [1.29, 1.82) is 0 Å². The van der Waals surface area contributed by atoms with Crippen molar-refractivity contribution < 1.29 is 14.2 Å². The molecule has 82 valence electrons. The van der Waals surface area contributed by atoms with Crippen LogP contribution < -0.4 is 5.32 Å².